The van der Waals surface area contributed by atoms with Crippen molar-refractivity contribution < 1.29 is 23.9 Å². The summed E-state index contributed by atoms with van der Waals surface area (Å²) in [7, 11) is 3.75. The molecular formula is C39H43ClN4O5. The van der Waals surface area contributed by atoms with Crippen molar-refractivity contribution in [2.75, 3.05) is 57.1 Å². The molecule has 0 unspecified atom stereocenters. The van der Waals surface area contributed by atoms with Crippen LogP contribution in [0.3, 0.4) is 0 Å². The van der Waals surface area contributed by atoms with E-state index in [1.54, 1.807) is 43.4 Å². The fourth-order valence-corrected chi connectivity index (χ4v) is 5.84. The minimum Gasteiger partial charge on any atom is -0.491 e. The van der Waals surface area contributed by atoms with Gasteiger partial charge in [0.05, 0.1) is 28.4 Å². The highest BCUT2D eigenvalue weighted by molar-refractivity contribution is 6.35. The zero-order chi connectivity index (χ0) is 34.6. The van der Waals surface area contributed by atoms with Gasteiger partial charge in [-0.15, -0.1) is 0 Å². The Hall–Kier alpha value is -4.86. The van der Waals surface area contributed by atoms with Crippen molar-refractivity contribution >= 4 is 40.7 Å². The van der Waals surface area contributed by atoms with E-state index in [0.29, 0.717) is 48.1 Å². The van der Waals surface area contributed by atoms with Crippen LogP contribution in [0.15, 0.2) is 97.1 Å². The fourth-order valence-electron chi connectivity index (χ4n) is 5.58. The number of unbranched alkanes of at least 4 members (excludes halogenated alkanes) is 2. The third-order valence-corrected chi connectivity index (χ3v) is 8.82. The van der Waals surface area contributed by atoms with Gasteiger partial charge in [-0.3, -0.25) is 14.4 Å². The molecule has 4 aromatic rings. The molecule has 10 heteroatoms. The van der Waals surface area contributed by atoms with Gasteiger partial charge in [0, 0.05) is 45.3 Å². The van der Waals surface area contributed by atoms with Crippen LogP contribution in [0, 0.1) is 0 Å². The number of likely N-dealkylation sites (N-methyl/N-ethyl adjacent to an activating group) is 1. The summed E-state index contributed by atoms with van der Waals surface area (Å²) in [6.07, 6.45) is 3.04. The van der Waals surface area contributed by atoms with Crippen LogP contribution in [0.5, 0.6) is 11.5 Å². The Kier molecular flexibility index (Phi) is 12.7. The van der Waals surface area contributed by atoms with Gasteiger partial charge < -0.3 is 29.5 Å². The van der Waals surface area contributed by atoms with Gasteiger partial charge in [0.15, 0.2) is 0 Å². The Morgan fingerprint density at radius 2 is 1.47 bits per heavy atom. The molecule has 3 amide bonds. The van der Waals surface area contributed by atoms with Gasteiger partial charge in [0.2, 0.25) is 5.91 Å². The summed E-state index contributed by atoms with van der Waals surface area (Å²) in [6.45, 7) is 4.25. The first-order chi connectivity index (χ1) is 23.8. The van der Waals surface area contributed by atoms with Crippen LogP contribution in [0.25, 0.3) is 0 Å². The number of para-hydroxylation sites is 3. The second-order valence-corrected chi connectivity index (χ2v) is 12.5. The fraction of sp³-hybridized carbons (Fsp3) is 0.308. The van der Waals surface area contributed by atoms with Crippen molar-refractivity contribution in [1.29, 1.82) is 0 Å². The number of halogens is 1. The van der Waals surface area contributed by atoms with Crippen molar-refractivity contribution in [1.82, 2.24) is 9.80 Å². The van der Waals surface area contributed by atoms with Crippen LogP contribution in [-0.2, 0) is 11.4 Å². The Morgan fingerprint density at radius 3 is 2.22 bits per heavy atom. The van der Waals surface area contributed by atoms with E-state index in [0.717, 1.165) is 51.0 Å². The molecule has 49 heavy (non-hydrogen) atoms. The van der Waals surface area contributed by atoms with Gasteiger partial charge in [-0.25, -0.2) is 0 Å². The molecule has 0 saturated carbocycles. The first-order valence-electron chi connectivity index (χ1n) is 16.6. The molecule has 4 aromatic carbocycles. The summed E-state index contributed by atoms with van der Waals surface area (Å²) in [5, 5.41) is 3.07. The van der Waals surface area contributed by atoms with Gasteiger partial charge in [-0.05, 0) is 74.3 Å². The van der Waals surface area contributed by atoms with E-state index < -0.39 is 0 Å². The van der Waals surface area contributed by atoms with E-state index in [9.17, 15) is 14.4 Å². The molecule has 0 radical (unpaired) electrons. The number of hydrogen-bond donors (Lipinski definition) is 1. The summed E-state index contributed by atoms with van der Waals surface area (Å²) in [6, 6.07) is 28.9. The molecule has 0 atom stereocenters. The normalized spacial score (nSPS) is 13.1. The second kappa shape index (κ2) is 17.5. The number of nitrogens with one attached hydrogen (secondary N) is 1. The van der Waals surface area contributed by atoms with E-state index in [-0.39, 0.29) is 28.3 Å². The van der Waals surface area contributed by atoms with Crippen LogP contribution >= 0.6 is 11.6 Å². The Morgan fingerprint density at radius 1 is 0.776 bits per heavy atom. The van der Waals surface area contributed by atoms with Crippen molar-refractivity contribution in [2.24, 2.45) is 0 Å². The van der Waals surface area contributed by atoms with Gasteiger partial charge in [0.1, 0.15) is 18.1 Å². The first-order valence-corrected chi connectivity index (χ1v) is 17.0. The van der Waals surface area contributed by atoms with E-state index in [4.69, 9.17) is 21.1 Å². The molecule has 1 heterocycles. The molecule has 1 saturated heterocycles. The number of amides is 3. The Balaban J connectivity index is 1.13. The summed E-state index contributed by atoms with van der Waals surface area (Å²) < 4.78 is 12.0. The number of ether oxygens (including phenoxy) is 2. The number of nitrogens with zero attached hydrogens (tertiary/aromatic N) is 3. The van der Waals surface area contributed by atoms with E-state index in [1.165, 1.54) is 4.90 Å². The maximum atomic E-state index is 13.6. The maximum Gasteiger partial charge on any atom is 0.259 e. The lowest BCUT2D eigenvalue weighted by atomic mass is 10.1. The third kappa shape index (κ3) is 9.84. The summed E-state index contributed by atoms with van der Waals surface area (Å²) >= 11 is 6.60. The quantitative estimate of drug-likeness (QED) is 0.142. The SMILES string of the molecule is CN1CCN(C(=O)CCCCCOc2ccccc2N(C)C(=O)c2ccc(NC(=O)c3ccccc3OCc3ccccc3)cc2Cl)CC1. The van der Waals surface area contributed by atoms with Crippen molar-refractivity contribution in [3.8, 4) is 11.5 Å². The minimum atomic E-state index is -0.358. The Labute approximate surface area is 293 Å². The number of anilines is 2. The summed E-state index contributed by atoms with van der Waals surface area (Å²) in [4.78, 5) is 45.0. The predicted molar refractivity (Wildman–Crippen MR) is 194 cm³/mol. The molecule has 0 bridgehead atoms. The average molecular weight is 683 g/mol. The highest BCUT2D eigenvalue weighted by Crippen LogP contribution is 2.31. The number of hydrogen-bond acceptors (Lipinski definition) is 6. The molecule has 1 aliphatic rings. The topological polar surface area (TPSA) is 91.4 Å². The van der Waals surface area contributed by atoms with Gasteiger partial charge in [0.25, 0.3) is 11.8 Å². The van der Waals surface area contributed by atoms with E-state index >= 15 is 0 Å². The minimum absolute atomic E-state index is 0.202. The molecule has 1 fully saturated rings. The van der Waals surface area contributed by atoms with Crippen LogP contribution in [0.4, 0.5) is 11.4 Å². The molecule has 0 spiro atoms. The van der Waals surface area contributed by atoms with Gasteiger partial charge in [-0.1, -0.05) is 66.2 Å². The largest absolute Gasteiger partial charge is 0.491 e. The zero-order valence-corrected chi connectivity index (χ0v) is 28.8. The predicted octanol–water partition coefficient (Wildman–Crippen LogP) is 7.16. The standard InChI is InChI=1S/C39H43ClN4O5/c1-42-22-24-44(25-23-42)37(45)19-7-4-12-26-48-36-18-11-9-16-34(36)43(2)39(47)31-21-20-30(27-33(31)40)41-38(46)32-15-8-10-17-35(32)49-28-29-13-5-3-6-14-29/h3,5-6,8-11,13-18,20-21,27H,4,7,12,19,22-26,28H2,1-2H3,(H,41,46). The number of benzene rings is 4. The highest BCUT2D eigenvalue weighted by atomic mass is 35.5. The van der Waals surface area contributed by atoms with Gasteiger partial charge in [-0.2, -0.15) is 0 Å². The van der Waals surface area contributed by atoms with E-state index in [1.807, 2.05) is 65.6 Å². The molecule has 1 N–H and O–H groups in total. The summed E-state index contributed by atoms with van der Waals surface area (Å²) in [5.74, 6) is 0.591. The van der Waals surface area contributed by atoms with Crippen molar-refractivity contribution in [2.45, 2.75) is 32.3 Å². The zero-order valence-electron chi connectivity index (χ0n) is 28.1. The van der Waals surface area contributed by atoms with Gasteiger partial charge >= 0.3 is 0 Å². The smallest absolute Gasteiger partial charge is 0.259 e. The Bertz CT molecular complexity index is 1730. The van der Waals surface area contributed by atoms with Crippen molar-refractivity contribution in [3.63, 3.8) is 0 Å². The van der Waals surface area contributed by atoms with Crippen LogP contribution in [0.2, 0.25) is 5.02 Å². The highest BCUT2D eigenvalue weighted by Gasteiger charge is 2.21. The molecule has 5 rings (SSSR count). The number of piperazine rings is 1. The lowest BCUT2D eigenvalue weighted by Crippen LogP contribution is -2.47. The van der Waals surface area contributed by atoms with Crippen LogP contribution in [-0.4, -0.2) is 74.4 Å². The number of carbonyl (C=O) groups is 3. The average Bonchev–Trinajstić information content (AvgIpc) is 3.12. The molecular weight excluding hydrogens is 640 g/mol. The molecule has 0 aromatic heterocycles. The molecule has 9 nitrogen and oxygen atoms in total. The number of rotatable bonds is 14. The maximum absolute atomic E-state index is 13.6. The van der Waals surface area contributed by atoms with Crippen LogP contribution < -0.4 is 19.7 Å². The second-order valence-electron chi connectivity index (χ2n) is 12.1. The molecule has 0 aliphatic carbocycles. The number of carbonyl (C=O) groups excluding carboxylic acids is 3. The van der Waals surface area contributed by atoms with Crippen LogP contribution in [0.1, 0.15) is 52.0 Å². The lowest BCUT2D eigenvalue weighted by molar-refractivity contribution is -0.132. The monoisotopic (exact) mass is 682 g/mol. The summed E-state index contributed by atoms with van der Waals surface area (Å²) in [5.41, 5.74) is 2.71. The lowest BCUT2D eigenvalue weighted by Gasteiger charge is -2.32. The van der Waals surface area contributed by atoms with E-state index in [2.05, 4.69) is 17.3 Å². The third-order valence-electron chi connectivity index (χ3n) is 8.51. The molecule has 1 aliphatic heterocycles. The molecule has 256 valence electrons. The van der Waals surface area contributed by atoms with Crippen molar-refractivity contribution in [3.05, 3.63) is 119 Å². The first kappa shape index (κ1) is 35.4.